The highest BCUT2D eigenvalue weighted by atomic mass is 32.2. The van der Waals surface area contributed by atoms with Gasteiger partial charge in [-0.25, -0.2) is 9.71 Å². The number of benzene rings is 1. The van der Waals surface area contributed by atoms with Crippen molar-refractivity contribution in [1.82, 2.24) is 9.71 Å². The molecule has 0 atom stereocenters. The smallest absolute Gasteiger partial charge is 0.281 e. The zero-order valence-corrected chi connectivity index (χ0v) is 24.4. The molecule has 1 N–H and O–H groups in total. The van der Waals surface area contributed by atoms with Crippen molar-refractivity contribution in [3.8, 4) is 11.5 Å². The first-order valence-corrected chi connectivity index (χ1v) is 15.7. The van der Waals surface area contributed by atoms with Gasteiger partial charge in [-0.05, 0) is 86.6 Å². The zero-order valence-electron chi connectivity index (χ0n) is 23.5. The van der Waals surface area contributed by atoms with E-state index in [4.69, 9.17) is 9.47 Å². The van der Waals surface area contributed by atoms with Crippen LogP contribution >= 0.6 is 0 Å². The van der Waals surface area contributed by atoms with Crippen LogP contribution in [0.4, 0.5) is 5.82 Å². The summed E-state index contributed by atoms with van der Waals surface area (Å²) in [5.41, 5.74) is 0.0239. The number of rotatable bonds is 8. The van der Waals surface area contributed by atoms with E-state index in [1.54, 1.807) is 12.1 Å². The molecule has 8 nitrogen and oxygen atoms in total. The molecule has 3 fully saturated rings. The molecule has 2 aromatic rings. The molecule has 2 aliphatic carbocycles. The van der Waals surface area contributed by atoms with Gasteiger partial charge in [0.1, 0.15) is 5.82 Å². The first-order chi connectivity index (χ1) is 18.5. The Balaban J connectivity index is 1.27. The maximum atomic E-state index is 13.3. The topological polar surface area (TPSA) is 97.8 Å². The summed E-state index contributed by atoms with van der Waals surface area (Å²) in [6.45, 7) is 10.5. The summed E-state index contributed by atoms with van der Waals surface area (Å²) in [6.07, 6.45) is 7.24. The van der Waals surface area contributed by atoms with Gasteiger partial charge in [-0.2, -0.15) is 8.42 Å². The van der Waals surface area contributed by atoms with E-state index in [1.807, 2.05) is 25.1 Å². The molecule has 1 aromatic carbocycles. The minimum atomic E-state index is -4.15. The molecule has 212 valence electrons. The van der Waals surface area contributed by atoms with E-state index in [9.17, 15) is 13.2 Å². The summed E-state index contributed by atoms with van der Waals surface area (Å²) in [7, 11) is -4.15. The fourth-order valence-corrected chi connectivity index (χ4v) is 6.67. The molecular weight excluding hydrogens is 514 g/mol. The van der Waals surface area contributed by atoms with Gasteiger partial charge in [0.2, 0.25) is 0 Å². The van der Waals surface area contributed by atoms with Crippen molar-refractivity contribution in [2.45, 2.75) is 95.8 Å². The van der Waals surface area contributed by atoms with Crippen LogP contribution in [0.2, 0.25) is 0 Å². The molecule has 3 aliphatic rings. The summed E-state index contributed by atoms with van der Waals surface area (Å²) in [5.74, 6) is 1.69. The Morgan fingerprint density at radius 1 is 1.03 bits per heavy atom. The van der Waals surface area contributed by atoms with Crippen LogP contribution in [0, 0.1) is 18.3 Å². The minimum absolute atomic E-state index is 0.0898. The number of sulfonamides is 1. The Morgan fingerprint density at radius 2 is 1.72 bits per heavy atom. The molecule has 0 radical (unpaired) electrons. The molecule has 5 rings (SSSR count). The summed E-state index contributed by atoms with van der Waals surface area (Å²) in [6, 6.07) is 10.6. The summed E-state index contributed by atoms with van der Waals surface area (Å²) >= 11 is 0. The van der Waals surface area contributed by atoms with Crippen LogP contribution in [0.15, 0.2) is 41.4 Å². The third-order valence-electron chi connectivity index (χ3n) is 8.36. The fraction of sp³-hybridized carbons (Fsp3) is 0.600. The summed E-state index contributed by atoms with van der Waals surface area (Å²) < 4.78 is 41.1. The number of amides is 1. The van der Waals surface area contributed by atoms with Crippen LogP contribution in [0.3, 0.4) is 0 Å². The van der Waals surface area contributed by atoms with Crippen LogP contribution < -0.4 is 19.1 Å². The number of anilines is 1. The van der Waals surface area contributed by atoms with Crippen LogP contribution in [0.5, 0.6) is 11.5 Å². The van der Waals surface area contributed by atoms with E-state index >= 15 is 0 Å². The Kier molecular flexibility index (Phi) is 7.57. The second-order valence-corrected chi connectivity index (χ2v) is 14.1. The number of aromatic nitrogens is 1. The third kappa shape index (κ3) is 6.34. The van der Waals surface area contributed by atoms with Crippen molar-refractivity contribution in [2.24, 2.45) is 11.3 Å². The number of carbonyl (C=O) groups is 1. The lowest BCUT2D eigenvalue weighted by atomic mass is 9.72. The Labute approximate surface area is 232 Å². The number of hydrogen-bond acceptors (Lipinski definition) is 7. The molecule has 1 amide bonds. The van der Waals surface area contributed by atoms with Crippen molar-refractivity contribution in [1.29, 1.82) is 0 Å². The number of nitrogens with one attached hydrogen (secondary N) is 1. The molecule has 39 heavy (non-hydrogen) atoms. The van der Waals surface area contributed by atoms with E-state index in [0.717, 1.165) is 57.2 Å². The van der Waals surface area contributed by atoms with Crippen LogP contribution in [0.25, 0.3) is 0 Å². The number of aryl methyl sites for hydroxylation is 1. The molecular formula is C30H41N3O5S. The van der Waals surface area contributed by atoms with Crippen LogP contribution in [0.1, 0.15) is 77.7 Å². The largest absolute Gasteiger partial charge is 0.487 e. The van der Waals surface area contributed by atoms with Gasteiger partial charge in [0, 0.05) is 25.9 Å². The van der Waals surface area contributed by atoms with Gasteiger partial charge in [0.15, 0.2) is 22.1 Å². The lowest BCUT2D eigenvalue weighted by Gasteiger charge is -2.37. The molecule has 2 heterocycles. The fourth-order valence-electron chi connectivity index (χ4n) is 5.66. The number of hydrogen-bond donors (Lipinski definition) is 1. The summed E-state index contributed by atoms with van der Waals surface area (Å²) in [4.78, 5) is 19.7. The number of nitrogens with zero attached hydrogens (tertiary/aromatic N) is 2. The second-order valence-electron chi connectivity index (χ2n) is 12.5. The summed E-state index contributed by atoms with van der Waals surface area (Å²) in [5, 5.41) is -0.165. The molecule has 0 bridgehead atoms. The first kappa shape index (κ1) is 27.7. The predicted molar refractivity (Wildman–Crippen MR) is 151 cm³/mol. The van der Waals surface area contributed by atoms with Gasteiger partial charge in [-0.15, -0.1) is 0 Å². The highest BCUT2D eigenvalue weighted by Crippen LogP contribution is 2.45. The lowest BCUT2D eigenvalue weighted by Crippen LogP contribution is -2.43. The van der Waals surface area contributed by atoms with Gasteiger partial charge in [-0.3, -0.25) is 4.79 Å². The van der Waals surface area contributed by atoms with Gasteiger partial charge >= 0.3 is 0 Å². The maximum Gasteiger partial charge on any atom is 0.281 e. The Bertz CT molecular complexity index is 1300. The van der Waals surface area contributed by atoms with E-state index in [0.29, 0.717) is 41.5 Å². The van der Waals surface area contributed by atoms with Gasteiger partial charge in [0.05, 0.1) is 6.10 Å². The third-order valence-corrected chi connectivity index (χ3v) is 9.59. The SMILES string of the molecule is Cc1ccc(OC2CCC(C(C)(C)C)CC2)c(OC2(C(=O)NS(=O)(=O)c3cccc(N4CCCC4)n3)CC2)c1. The highest BCUT2D eigenvalue weighted by Gasteiger charge is 2.54. The van der Waals surface area contributed by atoms with Crippen LogP contribution in [-0.4, -0.2) is 44.1 Å². The first-order valence-electron chi connectivity index (χ1n) is 14.2. The van der Waals surface area contributed by atoms with Crippen LogP contribution in [-0.2, 0) is 14.8 Å². The number of carbonyl (C=O) groups excluding carboxylic acids is 1. The van der Waals surface area contributed by atoms with Gasteiger partial charge in [-0.1, -0.05) is 32.9 Å². The molecule has 0 unspecified atom stereocenters. The molecule has 2 saturated carbocycles. The van der Waals surface area contributed by atoms with Crippen molar-refractivity contribution in [2.75, 3.05) is 18.0 Å². The van der Waals surface area contributed by atoms with E-state index < -0.39 is 21.5 Å². The lowest BCUT2D eigenvalue weighted by molar-refractivity contribution is -0.128. The maximum absolute atomic E-state index is 13.3. The van der Waals surface area contributed by atoms with E-state index in [-0.39, 0.29) is 11.1 Å². The average Bonchev–Trinajstić information content (AvgIpc) is 3.46. The Morgan fingerprint density at radius 3 is 2.36 bits per heavy atom. The minimum Gasteiger partial charge on any atom is -0.487 e. The van der Waals surface area contributed by atoms with E-state index in [2.05, 4.69) is 35.4 Å². The molecule has 1 aliphatic heterocycles. The standard InChI is InChI=1S/C30H41N3O5S/c1-21-10-15-24(37-23-13-11-22(12-14-23)29(2,3)4)25(20-21)38-30(16-17-30)28(34)32-39(35,36)27-9-7-8-26(31-27)33-18-5-6-19-33/h7-10,15,20,22-23H,5-6,11-14,16-19H2,1-4H3,(H,32,34). The van der Waals surface area contributed by atoms with Gasteiger partial charge in [0.25, 0.3) is 15.9 Å². The van der Waals surface area contributed by atoms with E-state index in [1.165, 1.54) is 6.07 Å². The normalized spacial score (nSPS) is 22.8. The zero-order chi connectivity index (χ0) is 27.8. The van der Waals surface area contributed by atoms with Crippen molar-refractivity contribution >= 4 is 21.7 Å². The van der Waals surface area contributed by atoms with Gasteiger partial charge < -0.3 is 14.4 Å². The average molecular weight is 556 g/mol. The molecule has 1 saturated heterocycles. The van der Waals surface area contributed by atoms with Crippen molar-refractivity contribution in [3.05, 3.63) is 42.0 Å². The molecule has 1 aromatic heterocycles. The molecule has 0 spiro atoms. The quantitative estimate of drug-likeness (QED) is 0.466. The number of ether oxygens (including phenoxy) is 2. The second kappa shape index (κ2) is 10.6. The Hall–Kier alpha value is -2.81. The van der Waals surface area contributed by atoms with Crippen molar-refractivity contribution < 1.29 is 22.7 Å². The monoisotopic (exact) mass is 555 g/mol. The molecule has 9 heteroatoms. The van der Waals surface area contributed by atoms with Crippen molar-refractivity contribution in [3.63, 3.8) is 0 Å². The predicted octanol–water partition coefficient (Wildman–Crippen LogP) is 5.39. The highest BCUT2D eigenvalue weighted by molar-refractivity contribution is 7.90. The number of pyridine rings is 1.